The molecule has 0 spiro atoms. The molecule has 0 bridgehead atoms. The number of carbonyl (C=O) groups is 1. The van der Waals surface area contributed by atoms with Gasteiger partial charge in [0.05, 0.1) is 4.90 Å². The normalized spacial score (nSPS) is 18.7. The first-order chi connectivity index (χ1) is 8.54. The van der Waals surface area contributed by atoms with E-state index < -0.39 is 10.0 Å². The van der Waals surface area contributed by atoms with Crippen molar-refractivity contribution in [2.45, 2.75) is 24.7 Å². The van der Waals surface area contributed by atoms with Crippen LogP contribution in [0.2, 0.25) is 0 Å². The van der Waals surface area contributed by atoms with E-state index in [0.29, 0.717) is 30.8 Å². The maximum Gasteiger partial charge on any atom is 0.243 e. The van der Waals surface area contributed by atoms with Crippen LogP contribution in [0.25, 0.3) is 0 Å². The lowest BCUT2D eigenvalue weighted by Gasteiger charge is -2.28. The van der Waals surface area contributed by atoms with E-state index in [0.717, 1.165) is 11.8 Å². The minimum atomic E-state index is -3.40. The second kappa shape index (κ2) is 5.20. The summed E-state index contributed by atoms with van der Waals surface area (Å²) in [7, 11) is -3.40. The lowest BCUT2D eigenvalue weighted by Crippen LogP contribution is -2.38. The molecule has 18 heavy (non-hydrogen) atoms. The van der Waals surface area contributed by atoms with Crippen LogP contribution in [-0.4, -0.2) is 32.1 Å². The van der Waals surface area contributed by atoms with E-state index in [1.165, 1.54) is 4.31 Å². The molecule has 0 amide bonds. The van der Waals surface area contributed by atoms with Gasteiger partial charge in [0, 0.05) is 19.0 Å². The highest BCUT2D eigenvalue weighted by Crippen LogP contribution is 2.23. The van der Waals surface area contributed by atoms with Crippen molar-refractivity contribution < 1.29 is 13.2 Å². The monoisotopic (exact) mass is 267 g/mol. The third-order valence-corrected chi connectivity index (χ3v) is 5.21. The molecule has 1 fully saturated rings. The predicted molar refractivity (Wildman–Crippen MR) is 68.7 cm³/mol. The van der Waals surface area contributed by atoms with Crippen molar-refractivity contribution in [1.82, 2.24) is 4.31 Å². The molecule has 1 aromatic carbocycles. The smallest absolute Gasteiger partial charge is 0.243 e. The number of carbonyl (C=O) groups excluding carboxylic acids is 1. The van der Waals surface area contributed by atoms with Gasteiger partial charge in [0.15, 0.2) is 0 Å². The quantitative estimate of drug-likeness (QED) is 0.782. The van der Waals surface area contributed by atoms with Crippen molar-refractivity contribution in [3.63, 3.8) is 0 Å². The molecule has 0 unspecified atom stereocenters. The molecule has 2 rings (SSSR count). The van der Waals surface area contributed by atoms with Crippen LogP contribution < -0.4 is 0 Å². The lowest BCUT2D eigenvalue weighted by atomic mass is 10.0. The third kappa shape index (κ3) is 2.62. The Kier molecular flexibility index (Phi) is 3.82. The van der Waals surface area contributed by atoms with E-state index in [4.69, 9.17) is 0 Å². The number of aldehydes is 1. The van der Waals surface area contributed by atoms with Gasteiger partial charge in [-0.1, -0.05) is 12.1 Å². The Bertz CT molecular complexity index is 531. The van der Waals surface area contributed by atoms with Crippen molar-refractivity contribution in [2.75, 3.05) is 13.1 Å². The second-order valence-electron chi connectivity index (χ2n) is 4.69. The molecule has 1 saturated heterocycles. The van der Waals surface area contributed by atoms with E-state index in [1.54, 1.807) is 18.2 Å². The summed E-state index contributed by atoms with van der Waals surface area (Å²) in [4.78, 5) is 11.0. The van der Waals surface area contributed by atoms with Crippen LogP contribution in [0.5, 0.6) is 0 Å². The topological polar surface area (TPSA) is 54.5 Å². The largest absolute Gasteiger partial charge is 0.303 e. The summed E-state index contributed by atoms with van der Waals surface area (Å²) >= 11 is 0. The zero-order valence-corrected chi connectivity index (χ0v) is 11.2. The number of hydrogen-bond donors (Lipinski definition) is 0. The van der Waals surface area contributed by atoms with Gasteiger partial charge in [-0.05, 0) is 37.5 Å². The fraction of sp³-hybridized carbons (Fsp3) is 0.462. The van der Waals surface area contributed by atoms with E-state index in [2.05, 4.69) is 0 Å². The zero-order chi connectivity index (χ0) is 13.2. The average Bonchev–Trinajstić information content (AvgIpc) is 2.39. The van der Waals surface area contributed by atoms with Gasteiger partial charge < -0.3 is 4.79 Å². The molecule has 0 aromatic heterocycles. The van der Waals surface area contributed by atoms with Crippen molar-refractivity contribution in [1.29, 1.82) is 0 Å². The second-order valence-corrected chi connectivity index (χ2v) is 6.63. The van der Waals surface area contributed by atoms with Crippen LogP contribution in [0.3, 0.4) is 0 Å². The SMILES string of the molecule is Cc1cccc(S(=O)(=O)N2CCC(C=O)CC2)c1. The van der Waals surface area contributed by atoms with Crippen molar-refractivity contribution in [3.05, 3.63) is 29.8 Å². The Balaban J connectivity index is 2.20. The molecule has 1 heterocycles. The highest BCUT2D eigenvalue weighted by molar-refractivity contribution is 7.89. The summed E-state index contributed by atoms with van der Waals surface area (Å²) in [5.41, 5.74) is 0.929. The Hall–Kier alpha value is -1.20. The summed E-state index contributed by atoms with van der Waals surface area (Å²) < 4.78 is 26.2. The van der Waals surface area contributed by atoms with Crippen LogP contribution in [0.15, 0.2) is 29.2 Å². The zero-order valence-electron chi connectivity index (χ0n) is 10.4. The van der Waals surface area contributed by atoms with Gasteiger partial charge in [-0.15, -0.1) is 0 Å². The molecular weight excluding hydrogens is 250 g/mol. The molecule has 1 aliphatic heterocycles. The molecule has 1 aromatic rings. The van der Waals surface area contributed by atoms with E-state index in [9.17, 15) is 13.2 Å². The molecule has 1 aliphatic rings. The molecule has 4 nitrogen and oxygen atoms in total. The Labute approximate surface area is 108 Å². The van der Waals surface area contributed by atoms with Crippen molar-refractivity contribution >= 4 is 16.3 Å². The van der Waals surface area contributed by atoms with E-state index in [-0.39, 0.29) is 5.92 Å². The van der Waals surface area contributed by atoms with Crippen molar-refractivity contribution in [3.8, 4) is 0 Å². The first-order valence-corrected chi connectivity index (χ1v) is 7.50. The van der Waals surface area contributed by atoms with Crippen LogP contribution in [0, 0.1) is 12.8 Å². The minimum Gasteiger partial charge on any atom is -0.303 e. The third-order valence-electron chi connectivity index (χ3n) is 3.32. The number of sulfonamides is 1. The summed E-state index contributed by atoms with van der Waals surface area (Å²) in [5.74, 6) is 0.00830. The van der Waals surface area contributed by atoms with Crippen LogP contribution in [0.1, 0.15) is 18.4 Å². The Morgan fingerprint density at radius 3 is 2.50 bits per heavy atom. The Morgan fingerprint density at radius 2 is 1.94 bits per heavy atom. The van der Waals surface area contributed by atoms with Gasteiger partial charge in [-0.3, -0.25) is 0 Å². The number of hydrogen-bond acceptors (Lipinski definition) is 3. The van der Waals surface area contributed by atoms with Gasteiger partial charge in [0.25, 0.3) is 0 Å². The molecule has 5 heteroatoms. The maximum absolute atomic E-state index is 12.4. The minimum absolute atomic E-state index is 0.00830. The maximum atomic E-state index is 12.4. The predicted octanol–water partition coefficient (Wildman–Crippen LogP) is 1.59. The molecular formula is C13H17NO3S. The van der Waals surface area contributed by atoms with E-state index in [1.807, 2.05) is 13.0 Å². The number of aryl methyl sites for hydroxylation is 1. The number of nitrogens with zero attached hydrogens (tertiary/aromatic N) is 1. The number of rotatable bonds is 3. The highest BCUT2D eigenvalue weighted by atomic mass is 32.2. The number of benzene rings is 1. The van der Waals surface area contributed by atoms with Gasteiger partial charge in [-0.2, -0.15) is 4.31 Å². The molecule has 0 radical (unpaired) electrons. The van der Waals surface area contributed by atoms with Gasteiger partial charge in [0.1, 0.15) is 6.29 Å². The molecule has 98 valence electrons. The molecule has 0 atom stereocenters. The van der Waals surface area contributed by atoms with Gasteiger partial charge >= 0.3 is 0 Å². The summed E-state index contributed by atoms with van der Waals surface area (Å²) in [6.45, 7) is 2.73. The summed E-state index contributed by atoms with van der Waals surface area (Å²) in [6.07, 6.45) is 2.17. The lowest BCUT2D eigenvalue weighted by molar-refractivity contribution is -0.112. The average molecular weight is 267 g/mol. The van der Waals surface area contributed by atoms with Gasteiger partial charge in [0.2, 0.25) is 10.0 Å². The standard InChI is InChI=1S/C13H17NO3S/c1-11-3-2-4-13(9-11)18(16,17)14-7-5-12(10-15)6-8-14/h2-4,9-10,12H,5-8H2,1H3. The first-order valence-electron chi connectivity index (χ1n) is 6.06. The first kappa shape index (κ1) is 13.2. The van der Waals surface area contributed by atoms with Crippen LogP contribution >= 0.6 is 0 Å². The number of piperidine rings is 1. The molecule has 0 N–H and O–H groups in total. The fourth-order valence-electron chi connectivity index (χ4n) is 2.18. The van der Waals surface area contributed by atoms with E-state index >= 15 is 0 Å². The summed E-state index contributed by atoms with van der Waals surface area (Å²) in [6, 6.07) is 6.92. The van der Waals surface area contributed by atoms with Crippen molar-refractivity contribution in [2.24, 2.45) is 5.92 Å². The fourth-order valence-corrected chi connectivity index (χ4v) is 3.75. The Morgan fingerprint density at radius 1 is 1.28 bits per heavy atom. The summed E-state index contributed by atoms with van der Waals surface area (Å²) in [5, 5.41) is 0. The van der Waals surface area contributed by atoms with Crippen LogP contribution in [-0.2, 0) is 14.8 Å². The molecule has 0 saturated carbocycles. The van der Waals surface area contributed by atoms with Crippen LogP contribution in [0.4, 0.5) is 0 Å². The highest BCUT2D eigenvalue weighted by Gasteiger charge is 2.29. The molecule has 0 aliphatic carbocycles. The van der Waals surface area contributed by atoms with Gasteiger partial charge in [-0.25, -0.2) is 8.42 Å².